The van der Waals surface area contributed by atoms with E-state index >= 15 is 0 Å². The van der Waals surface area contributed by atoms with E-state index in [0.29, 0.717) is 17.4 Å². The zero-order valence-corrected chi connectivity index (χ0v) is 19.8. The third-order valence-corrected chi connectivity index (χ3v) is 6.93. The van der Waals surface area contributed by atoms with E-state index in [2.05, 4.69) is 0 Å². The Balaban J connectivity index is 1.70. The van der Waals surface area contributed by atoms with E-state index in [-0.39, 0.29) is 19.7 Å². The average molecular weight is 505 g/mol. The summed E-state index contributed by atoms with van der Waals surface area (Å²) >= 11 is 0. The van der Waals surface area contributed by atoms with Crippen LogP contribution in [0.1, 0.15) is 32.6 Å². The monoisotopic (exact) mass is 504 g/mol. The van der Waals surface area contributed by atoms with Crippen LogP contribution in [0.15, 0.2) is 59.5 Å². The number of alkyl halides is 3. The molecule has 0 aromatic heterocycles. The lowest BCUT2D eigenvalue weighted by atomic mass is 9.98. The second-order valence-corrected chi connectivity index (χ2v) is 10.0. The Morgan fingerprint density at radius 3 is 2.31 bits per heavy atom. The quantitative estimate of drug-likeness (QED) is 0.561. The summed E-state index contributed by atoms with van der Waals surface area (Å²) in [6.07, 6.45) is -4.96. The van der Waals surface area contributed by atoms with Crippen LogP contribution in [-0.2, 0) is 22.7 Å². The average Bonchev–Trinajstić information content (AvgIpc) is 3.00. The first-order valence-electron chi connectivity index (χ1n) is 10.7. The number of rotatable bonds is 3. The van der Waals surface area contributed by atoms with Gasteiger partial charge in [0.05, 0.1) is 22.6 Å². The molecule has 10 heteroatoms. The van der Waals surface area contributed by atoms with Crippen molar-refractivity contribution < 1.29 is 31.1 Å². The van der Waals surface area contributed by atoms with Gasteiger partial charge < -0.3 is 9.64 Å². The molecule has 0 bridgehead atoms. The molecule has 0 fully saturated rings. The van der Waals surface area contributed by atoms with Crippen molar-refractivity contribution >= 4 is 15.9 Å². The van der Waals surface area contributed by atoms with Gasteiger partial charge in [0.15, 0.2) is 0 Å². The van der Waals surface area contributed by atoms with Crippen molar-refractivity contribution in [1.29, 1.82) is 0 Å². The number of nitrogens with zero attached hydrogens (tertiary/aromatic N) is 1. The van der Waals surface area contributed by atoms with Crippen LogP contribution in [0.4, 0.5) is 13.2 Å². The summed E-state index contributed by atoms with van der Waals surface area (Å²) in [7, 11) is -4.38. The minimum Gasteiger partial charge on any atom is -0.491 e. The fraction of sp³-hybridized carbons (Fsp3) is 0.240. The van der Waals surface area contributed by atoms with Gasteiger partial charge in [-0.25, -0.2) is 13.6 Å². The molecule has 0 unspecified atom stereocenters. The number of primary sulfonamides is 1. The highest BCUT2D eigenvalue weighted by atomic mass is 32.2. The predicted octanol–water partition coefficient (Wildman–Crippen LogP) is 4.67. The minimum absolute atomic E-state index is 0.0289. The van der Waals surface area contributed by atoms with Crippen molar-refractivity contribution in [2.75, 3.05) is 13.2 Å². The lowest BCUT2D eigenvalue weighted by Gasteiger charge is -2.22. The Kier molecular flexibility index (Phi) is 6.37. The summed E-state index contributed by atoms with van der Waals surface area (Å²) in [6.45, 7) is 4.20. The number of fused-ring (bicyclic) bond motifs is 1. The van der Waals surface area contributed by atoms with Crippen LogP contribution in [0.5, 0.6) is 5.75 Å². The maximum Gasteiger partial charge on any atom is 0.417 e. The number of hydrogen-bond donors (Lipinski definition) is 1. The lowest BCUT2D eigenvalue weighted by molar-refractivity contribution is -0.138. The van der Waals surface area contributed by atoms with E-state index in [1.165, 1.54) is 4.90 Å². The molecule has 0 radical (unpaired) electrons. The number of carbonyl (C=O) groups is 1. The van der Waals surface area contributed by atoms with E-state index in [1.54, 1.807) is 6.07 Å². The number of hydrogen-bond acceptors (Lipinski definition) is 4. The molecule has 0 saturated heterocycles. The smallest absolute Gasteiger partial charge is 0.417 e. The van der Waals surface area contributed by atoms with Gasteiger partial charge in [-0.2, -0.15) is 13.2 Å². The molecule has 6 nitrogen and oxygen atoms in total. The van der Waals surface area contributed by atoms with Gasteiger partial charge in [-0.15, -0.1) is 0 Å². The summed E-state index contributed by atoms with van der Waals surface area (Å²) in [5, 5.41) is 4.98. The van der Waals surface area contributed by atoms with Gasteiger partial charge in [-0.1, -0.05) is 24.3 Å². The Morgan fingerprint density at radius 2 is 1.66 bits per heavy atom. The molecule has 0 saturated carbocycles. The Morgan fingerprint density at radius 1 is 0.971 bits per heavy atom. The normalized spacial score (nSPS) is 14.2. The Labute approximate surface area is 201 Å². The number of amides is 1. The molecule has 2 N–H and O–H groups in total. The van der Waals surface area contributed by atoms with E-state index in [4.69, 9.17) is 9.88 Å². The van der Waals surface area contributed by atoms with Gasteiger partial charge >= 0.3 is 6.18 Å². The molecule has 1 aliphatic heterocycles. The van der Waals surface area contributed by atoms with Gasteiger partial charge in [0.2, 0.25) is 10.0 Å². The maximum atomic E-state index is 13.7. The van der Waals surface area contributed by atoms with Crippen molar-refractivity contribution in [2.24, 2.45) is 5.14 Å². The van der Waals surface area contributed by atoms with Gasteiger partial charge in [0.1, 0.15) is 12.4 Å². The first-order chi connectivity index (χ1) is 16.3. The Bertz CT molecular complexity index is 1420. The fourth-order valence-electron chi connectivity index (χ4n) is 3.96. The van der Waals surface area contributed by atoms with Crippen LogP contribution in [0, 0.1) is 13.8 Å². The second kappa shape index (κ2) is 9.01. The van der Waals surface area contributed by atoms with Crippen LogP contribution in [-0.4, -0.2) is 32.4 Å². The molecular weight excluding hydrogens is 481 g/mol. The molecule has 0 aliphatic carbocycles. The van der Waals surface area contributed by atoms with Crippen LogP contribution < -0.4 is 9.88 Å². The summed E-state index contributed by atoms with van der Waals surface area (Å²) < 4.78 is 70.1. The van der Waals surface area contributed by atoms with Crippen molar-refractivity contribution in [1.82, 2.24) is 4.90 Å². The summed E-state index contributed by atoms with van der Waals surface area (Å²) in [5.74, 6) is -0.333. The van der Waals surface area contributed by atoms with Crippen molar-refractivity contribution in [3.8, 4) is 16.9 Å². The van der Waals surface area contributed by atoms with Crippen LogP contribution in [0.3, 0.4) is 0 Å². The highest BCUT2D eigenvalue weighted by molar-refractivity contribution is 7.89. The molecule has 4 rings (SSSR count). The zero-order valence-electron chi connectivity index (χ0n) is 19.0. The molecule has 3 aromatic rings. The van der Waals surface area contributed by atoms with Crippen LogP contribution in [0.2, 0.25) is 0 Å². The largest absolute Gasteiger partial charge is 0.491 e. The molecule has 184 valence electrons. The van der Waals surface area contributed by atoms with Gasteiger partial charge in [0, 0.05) is 12.1 Å². The van der Waals surface area contributed by atoms with Crippen LogP contribution in [0.25, 0.3) is 11.1 Å². The number of carbonyl (C=O) groups excluding carboxylic acids is 1. The molecular formula is C25H23F3N2O4S. The SMILES string of the molecule is Cc1ccc(-c2ccc3c(c2)CN(C(=O)c2ccc(S(N)(=O)=O)cc2C(F)(F)F)CCO3)cc1C. The Hall–Kier alpha value is -3.37. The van der Waals surface area contributed by atoms with Crippen molar-refractivity contribution in [3.05, 3.63) is 82.4 Å². The molecule has 1 amide bonds. The summed E-state index contributed by atoms with van der Waals surface area (Å²) in [5.41, 5.74) is 2.77. The molecule has 1 heterocycles. The molecule has 0 atom stereocenters. The maximum absolute atomic E-state index is 13.7. The van der Waals surface area contributed by atoms with Crippen molar-refractivity contribution in [3.63, 3.8) is 0 Å². The molecule has 3 aromatic carbocycles. The number of aryl methyl sites for hydroxylation is 2. The fourth-order valence-corrected chi connectivity index (χ4v) is 4.50. The highest BCUT2D eigenvalue weighted by Crippen LogP contribution is 2.35. The number of sulfonamides is 1. The topological polar surface area (TPSA) is 89.7 Å². The third kappa shape index (κ3) is 5.18. The zero-order chi connectivity index (χ0) is 25.5. The predicted molar refractivity (Wildman–Crippen MR) is 124 cm³/mol. The first kappa shape index (κ1) is 24.7. The van der Waals surface area contributed by atoms with E-state index < -0.39 is 38.1 Å². The van der Waals surface area contributed by atoms with Crippen LogP contribution >= 0.6 is 0 Å². The summed E-state index contributed by atoms with van der Waals surface area (Å²) in [6, 6.07) is 13.7. The lowest BCUT2D eigenvalue weighted by Crippen LogP contribution is -2.34. The highest BCUT2D eigenvalue weighted by Gasteiger charge is 2.37. The molecule has 35 heavy (non-hydrogen) atoms. The number of nitrogens with two attached hydrogens (primary N) is 1. The van der Waals surface area contributed by atoms with Gasteiger partial charge in [-0.05, 0) is 66.4 Å². The minimum atomic E-state index is -4.96. The second-order valence-electron chi connectivity index (χ2n) is 8.45. The van der Waals surface area contributed by atoms with Crippen molar-refractivity contribution in [2.45, 2.75) is 31.5 Å². The van der Waals surface area contributed by atoms with E-state index in [1.807, 2.05) is 44.2 Å². The summed E-state index contributed by atoms with van der Waals surface area (Å²) in [4.78, 5) is 13.8. The van der Waals surface area contributed by atoms with E-state index in [9.17, 15) is 26.4 Å². The van der Waals surface area contributed by atoms with Gasteiger partial charge in [0.25, 0.3) is 5.91 Å². The van der Waals surface area contributed by atoms with Gasteiger partial charge in [-0.3, -0.25) is 4.79 Å². The molecule has 0 spiro atoms. The number of benzene rings is 3. The number of halogens is 3. The first-order valence-corrected chi connectivity index (χ1v) is 12.3. The van der Waals surface area contributed by atoms with E-state index in [0.717, 1.165) is 34.4 Å². The molecule has 1 aliphatic rings. The number of ether oxygens (including phenoxy) is 1. The third-order valence-electron chi connectivity index (χ3n) is 6.02. The standard InChI is InChI=1S/C25H23F3N2O4S/c1-15-3-4-17(11-16(15)2)18-5-8-23-19(12-18)14-30(9-10-34-23)24(31)21-7-6-20(35(29,32)33)13-22(21)25(26,27)28/h3-8,11-13H,9-10,14H2,1-2H3,(H2,29,32,33).